The molecule has 86 valence electrons. The van der Waals surface area contributed by atoms with Crippen LogP contribution in [0.2, 0.25) is 0 Å². The van der Waals surface area contributed by atoms with Crippen molar-refractivity contribution in [1.82, 2.24) is 0 Å². The van der Waals surface area contributed by atoms with Crippen molar-refractivity contribution >= 4 is 38.0 Å². The lowest BCUT2D eigenvalue weighted by Crippen LogP contribution is -1.92. The van der Waals surface area contributed by atoms with Crippen LogP contribution in [0.1, 0.15) is 5.56 Å². The van der Waals surface area contributed by atoms with E-state index in [2.05, 4.69) is 49.4 Å². The third-order valence-corrected chi connectivity index (χ3v) is 3.86. The predicted octanol–water partition coefficient (Wildman–Crippen LogP) is 4.47. The minimum Gasteiger partial charge on any atom is -0.398 e. The number of aryl methyl sites for hydroxylation is 1. The summed E-state index contributed by atoms with van der Waals surface area (Å²) in [6, 6.07) is 17.2. The molecular formula is C17H13N. The highest BCUT2D eigenvalue weighted by Gasteiger charge is 2.11. The van der Waals surface area contributed by atoms with Gasteiger partial charge >= 0.3 is 0 Å². The molecule has 0 unspecified atom stereocenters. The fraction of sp³-hybridized carbons (Fsp3) is 0.0588. The molecule has 1 heteroatoms. The number of benzene rings is 4. The number of anilines is 1. The van der Waals surface area contributed by atoms with Gasteiger partial charge < -0.3 is 5.73 Å². The van der Waals surface area contributed by atoms with Gasteiger partial charge in [0.2, 0.25) is 0 Å². The van der Waals surface area contributed by atoms with Crippen LogP contribution in [0.15, 0.2) is 48.5 Å². The molecule has 0 fully saturated rings. The molecule has 0 amide bonds. The molecule has 0 spiro atoms. The molecule has 0 aliphatic heterocycles. The number of hydrogen-bond donors (Lipinski definition) is 1. The lowest BCUT2D eigenvalue weighted by molar-refractivity contribution is 1.56. The maximum Gasteiger partial charge on any atom is 0.0397 e. The minimum atomic E-state index is 0.873. The lowest BCUT2D eigenvalue weighted by Gasteiger charge is -2.14. The number of hydrogen-bond acceptors (Lipinski definition) is 1. The van der Waals surface area contributed by atoms with E-state index in [1.165, 1.54) is 37.9 Å². The molecule has 18 heavy (non-hydrogen) atoms. The van der Waals surface area contributed by atoms with Crippen molar-refractivity contribution < 1.29 is 0 Å². The van der Waals surface area contributed by atoms with Gasteiger partial charge in [0.25, 0.3) is 0 Å². The van der Waals surface area contributed by atoms with Gasteiger partial charge in [-0.3, -0.25) is 0 Å². The quantitative estimate of drug-likeness (QED) is 0.350. The third-order valence-electron chi connectivity index (χ3n) is 3.86. The van der Waals surface area contributed by atoms with Crippen molar-refractivity contribution in [3.63, 3.8) is 0 Å². The molecular weight excluding hydrogens is 218 g/mol. The summed E-state index contributed by atoms with van der Waals surface area (Å²) in [5.41, 5.74) is 8.29. The van der Waals surface area contributed by atoms with E-state index in [1.54, 1.807) is 0 Å². The van der Waals surface area contributed by atoms with E-state index in [1.807, 2.05) is 6.07 Å². The molecule has 1 nitrogen and oxygen atoms in total. The molecule has 2 N–H and O–H groups in total. The van der Waals surface area contributed by atoms with E-state index < -0.39 is 0 Å². The first-order valence-electron chi connectivity index (χ1n) is 6.18. The average Bonchev–Trinajstić information content (AvgIpc) is 2.38. The summed E-state index contributed by atoms with van der Waals surface area (Å²) in [6.07, 6.45) is 0. The van der Waals surface area contributed by atoms with Gasteiger partial charge in [0.1, 0.15) is 0 Å². The van der Waals surface area contributed by atoms with Gasteiger partial charge in [-0.15, -0.1) is 0 Å². The summed E-state index contributed by atoms with van der Waals surface area (Å²) in [7, 11) is 0. The molecule has 0 atom stereocenters. The molecule has 0 radical (unpaired) electrons. The summed E-state index contributed by atoms with van der Waals surface area (Å²) in [5, 5.41) is 7.71. The molecule has 4 aromatic carbocycles. The Kier molecular flexibility index (Phi) is 1.69. The van der Waals surface area contributed by atoms with Crippen molar-refractivity contribution in [1.29, 1.82) is 0 Å². The summed E-state index contributed by atoms with van der Waals surface area (Å²) >= 11 is 0. The predicted molar refractivity (Wildman–Crippen MR) is 79.3 cm³/mol. The highest BCUT2D eigenvalue weighted by atomic mass is 14.6. The Bertz CT molecular complexity index is 890. The second kappa shape index (κ2) is 3.14. The maximum absolute atomic E-state index is 6.17. The summed E-state index contributed by atoms with van der Waals surface area (Å²) in [5.74, 6) is 0. The molecule has 0 aromatic heterocycles. The normalized spacial score (nSPS) is 11.8. The molecule has 4 aromatic rings. The van der Waals surface area contributed by atoms with Gasteiger partial charge in [-0.25, -0.2) is 0 Å². The third kappa shape index (κ3) is 1.06. The van der Waals surface area contributed by atoms with E-state index in [4.69, 9.17) is 5.73 Å². The molecule has 0 bridgehead atoms. The monoisotopic (exact) mass is 231 g/mol. The number of nitrogens with two attached hydrogens (primary N) is 1. The zero-order valence-electron chi connectivity index (χ0n) is 10.2. The zero-order valence-corrected chi connectivity index (χ0v) is 10.2. The van der Waals surface area contributed by atoms with Crippen LogP contribution >= 0.6 is 0 Å². The van der Waals surface area contributed by atoms with Gasteiger partial charge in [0, 0.05) is 11.1 Å². The largest absolute Gasteiger partial charge is 0.398 e. The molecule has 0 heterocycles. The zero-order chi connectivity index (χ0) is 12.3. The topological polar surface area (TPSA) is 26.0 Å². The van der Waals surface area contributed by atoms with Crippen molar-refractivity contribution in [3.8, 4) is 0 Å². The first-order valence-corrected chi connectivity index (χ1v) is 6.18. The summed E-state index contributed by atoms with van der Waals surface area (Å²) in [4.78, 5) is 0. The first-order chi connectivity index (χ1) is 8.75. The van der Waals surface area contributed by atoms with Gasteiger partial charge in [-0.05, 0) is 45.5 Å². The van der Waals surface area contributed by atoms with Crippen LogP contribution in [-0.2, 0) is 0 Å². The van der Waals surface area contributed by atoms with Crippen molar-refractivity contribution in [2.24, 2.45) is 0 Å². The highest BCUT2D eigenvalue weighted by Crippen LogP contribution is 2.38. The van der Waals surface area contributed by atoms with Crippen LogP contribution in [0.25, 0.3) is 32.3 Å². The van der Waals surface area contributed by atoms with E-state index in [0.717, 1.165) is 5.69 Å². The number of nitrogen functional groups attached to an aromatic ring is 1. The Morgan fingerprint density at radius 3 is 2.22 bits per heavy atom. The maximum atomic E-state index is 6.17. The van der Waals surface area contributed by atoms with Crippen LogP contribution in [0.4, 0.5) is 5.69 Å². The van der Waals surface area contributed by atoms with Crippen LogP contribution in [-0.4, -0.2) is 0 Å². The Balaban J connectivity index is 2.50. The van der Waals surface area contributed by atoms with E-state index in [9.17, 15) is 0 Å². The van der Waals surface area contributed by atoms with Gasteiger partial charge in [0.05, 0.1) is 0 Å². The highest BCUT2D eigenvalue weighted by molar-refractivity contribution is 6.25. The van der Waals surface area contributed by atoms with Gasteiger partial charge in [-0.2, -0.15) is 0 Å². The fourth-order valence-corrected chi connectivity index (χ4v) is 3.09. The smallest absolute Gasteiger partial charge is 0.0397 e. The summed E-state index contributed by atoms with van der Waals surface area (Å²) in [6.45, 7) is 2.14. The number of rotatable bonds is 0. The Morgan fingerprint density at radius 1 is 0.722 bits per heavy atom. The average molecular weight is 231 g/mol. The molecule has 0 saturated carbocycles. The van der Waals surface area contributed by atoms with E-state index in [-0.39, 0.29) is 0 Å². The Labute approximate surface area is 105 Å². The Morgan fingerprint density at radius 2 is 1.39 bits per heavy atom. The van der Waals surface area contributed by atoms with Crippen LogP contribution in [0.5, 0.6) is 0 Å². The standard InChI is InChI=1S/C17H13N/c1-10-9-13-4-2-3-11-5-6-12-7-8-14(18)15(10)17(12)16(11)13/h2-9H,18H2,1H3. The second-order valence-electron chi connectivity index (χ2n) is 4.97. The van der Waals surface area contributed by atoms with Crippen LogP contribution in [0.3, 0.4) is 0 Å². The van der Waals surface area contributed by atoms with Crippen LogP contribution in [0, 0.1) is 6.92 Å². The minimum absolute atomic E-state index is 0.873. The van der Waals surface area contributed by atoms with Crippen LogP contribution < -0.4 is 5.73 Å². The molecule has 0 saturated heterocycles. The van der Waals surface area contributed by atoms with Gasteiger partial charge in [0.15, 0.2) is 0 Å². The van der Waals surface area contributed by atoms with Gasteiger partial charge in [-0.1, -0.05) is 42.5 Å². The van der Waals surface area contributed by atoms with Crippen molar-refractivity contribution in [3.05, 3.63) is 54.1 Å². The lowest BCUT2D eigenvalue weighted by atomic mass is 9.91. The SMILES string of the molecule is Cc1cc2cccc3ccc4ccc(N)c1c4c32. The van der Waals surface area contributed by atoms with Crippen molar-refractivity contribution in [2.45, 2.75) is 6.92 Å². The molecule has 0 aliphatic carbocycles. The summed E-state index contributed by atoms with van der Waals surface area (Å²) < 4.78 is 0. The first kappa shape index (κ1) is 9.72. The second-order valence-corrected chi connectivity index (χ2v) is 4.97. The van der Waals surface area contributed by atoms with E-state index >= 15 is 0 Å². The molecule has 4 rings (SSSR count). The Hall–Kier alpha value is -2.28. The fourth-order valence-electron chi connectivity index (χ4n) is 3.09. The molecule has 0 aliphatic rings. The van der Waals surface area contributed by atoms with E-state index in [0.29, 0.717) is 0 Å². The van der Waals surface area contributed by atoms with Crippen molar-refractivity contribution in [2.75, 3.05) is 5.73 Å².